The van der Waals surface area contributed by atoms with E-state index in [-0.39, 0.29) is 0 Å². The molecule has 1 N–H and O–H groups in total. The minimum absolute atomic E-state index is 0.665. The number of hydrogen-bond acceptors (Lipinski definition) is 3. The lowest BCUT2D eigenvalue weighted by molar-refractivity contribution is 0.412. The molecule has 0 aliphatic heterocycles. The van der Waals surface area contributed by atoms with Gasteiger partial charge in [-0.2, -0.15) is 0 Å². The second-order valence-electron chi connectivity index (χ2n) is 5.14. The third kappa shape index (κ3) is 3.43. The van der Waals surface area contributed by atoms with Gasteiger partial charge in [-0.1, -0.05) is 6.92 Å². The number of nitrogens with zero attached hydrogens (tertiary/aromatic N) is 1. The molecule has 0 aromatic carbocycles. The minimum atomic E-state index is 0.665. The van der Waals surface area contributed by atoms with Crippen LogP contribution in [0, 0.1) is 12.8 Å². The molecule has 3 heteroatoms. The van der Waals surface area contributed by atoms with Crippen molar-refractivity contribution in [1.82, 2.24) is 10.3 Å². The van der Waals surface area contributed by atoms with E-state index in [9.17, 15) is 0 Å². The summed E-state index contributed by atoms with van der Waals surface area (Å²) < 4.78 is 5.26. The van der Waals surface area contributed by atoms with Crippen molar-refractivity contribution in [2.45, 2.75) is 45.7 Å². The first-order valence-corrected chi connectivity index (χ1v) is 6.42. The third-order valence-corrected chi connectivity index (χ3v) is 3.48. The van der Waals surface area contributed by atoms with Gasteiger partial charge in [-0.3, -0.25) is 4.98 Å². The van der Waals surface area contributed by atoms with Crippen LogP contribution in [0.3, 0.4) is 0 Å². The van der Waals surface area contributed by atoms with Crippen LogP contribution in [-0.4, -0.2) is 18.1 Å². The number of aryl methyl sites for hydroxylation is 1. The van der Waals surface area contributed by atoms with E-state index in [1.807, 2.05) is 19.1 Å². The Kier molecular flexibility index (Phi) is 4.00. The number of pyridine rings is 1. The second-order valence-corrected chi connectivity index (χ2v) is 5.14. The van der Waals surface area contributed by atoms with Crippen molar-refractivity contribution < 1.29 is 4.74 Å². The smallest absolute Gasteiger partial charge is 0.122 e. The molecule has 0 amide bonds. The topological polar surface area (TPSA) is 34.1 Å². The SMILES string of the molecule is COc1cc(C)nc(CNC2CCC(C)C2)c1. The van der Waals surface area contributed by atoms with Gasteiger partial charge in [-0.15, -0.1) is 0 Å². The van der Waals surface area contributed by atoms with Gasteiger partial charge in [0, 0.05) is 30.4 Å². The Hall–Kier alpha value is -1.09. The standard InChI is InChI=1S/C14H22N2O/c1-10-4-5-12(6-10)15-9-13-8-14(17-3)7-11(2)16-13/h7-8,10,12,15H,4-6,9H2,1-3H3. The predicted molar refractivity (Wildman–Crippen MR) is 69.2 cm³/mol. The van der Waals surface area contributed by atoms with E-state index in [2.05, 4.69) is 17.2 Å². The zero-order valence-electron chi connectivity index (χ0n) is 11.0. The fourth-order valence-corrected chi connectivity index (χ4v) is 2.55. The Morgan fingerprint density at radius 3 is 2.88 bits per heavy atom. The van der Waals surface area contributed by atoms with Crippen LogP contribution in [0.5, 0.6) is 5.75 Å². The predicted octanol–water partition coefficient (Wildman–Crippen LogP) is 2.68. The van der Waals surface area contributed by atoms with E-state index in [1.54, 1.807) is 7.11 Å². The molecule has 1 aromatic heterocycles. The highest BCUT2D eigenvalue weighted by Gasteiger charge is 2.20. The fourth-order valence-electron chi connectivity index (χ4n) is 2.55. The zero-order valence-corrected chi connectivity index (χ0v) is 11.0. The first-order chi connectivity index (χ1) is 8.17. The number of hydrogen-bond donors (Lipinski definition) is 1. The summed E-state index contributed by atoms with van der Waals surface area (Å²) in [6.45, 7) is 5.18. The molecule has 2 rings (SSSR count). The molecule has 1 fully saturated rings. The summed E-state index contributed by atoms with van der Waals surface area (Å²) in [5.74, 6) is 1.77. The van der Waals surface area contributed by atoms with Crippen molar-refractivity contribution in [1.29, 1.82) is 0 Å². The lowest BCUT2D eigenvalue weighted by Gasteiger charge is -2.12. The van der Waals surface area contributed by atoms with Crippen molar-refractivity contribution in [3.63, 3.8) is 0 Å². The Morgan fingerprint density at radius 2 is 2.24 bits per heavy atom. The largest absolute Gasteiger partial charge is 0.497 e. The van der Waals surface area contributed by atoms with Crippen LogP contribution in [0.1, 0.15) is 37.6 Å². The Balaban J connectivity index is 1.92. The number of nitrogens with one attached hydrogen (secondary N) is 1. The average molecular weight is 234 g/mol. The molecule has 0 saturated heterocycles. The highest BCUT2D eigenvalue weighted by Crippen LogP contribution is 2.24. The van der Waals surface area contributed by atoms with Crippen LogP contribution in [0.4, 0.5) is 0 Å². The van der Waals surface area contributed by atoms with Gasteiger partial charge in [0.15, 0.2) is 0 Å². The normalized spacial score (nSPS) is 23.9. The van der Waals surface area contributed by atoms with Gasteiger partial charge >= 0.3 is 0 Å². The fraction of sp³-hybridized carbons (Fsp3) is 0.643. The lowest BCUT2D eigenvalue weighted by Crippen LogP contribution is -2.26. The Bertz CT molecular complexity index is 378. The van der Waals surface area contributed by atoms with Gasteiger partial charge in [-0.05, 0) is 32.1 Å². The van der Waals surface area contributed by atoms with Gasteiger partial charge in [0.05, 0.1) is 12.8 Å². The summed E-state index contributed by atoms with van der Waals surface area (Å²) in [7, 11) is 1.70. The van der Waals surface area contributed by atoms with E-state index < -0.39 is 0 Å². The monoisotopic (exact) mass is 234 g/mol. The van der Waals surface area contributed by atoms with Crippen LogP contribution in [0.2, 0.25) is 0 Å². The van der Waals surface area contributed by atoms with Crippen LogP contribution >= 0.6 is 0 Å². The highest BCUT2D eigenvalue weighted by atomic mass is 16.5. The lowest BCUT2D eigenvalue weighted by atomic mass is 10.1. The third-order valence-electron chi connectivity index (χ3n) is 3.48. The molecule has 1 aliphatic rings. The van der Waals surface area contributed by atoms with Gasteiger partial charge in [-0.25, -0.2) is 0 Å². The van der Waals surface area contributed by atoms with Gasteiger partial charge in [0.25, 0.3) is 0 Å². The van der Waals surface area contributed by atoms with Crippen LogP contribution in [0.15, 0.2) is 12.1 Å². The highest BCUT2D eigenvalue weighted by molar-refractivity contribution is 5.26. The molecule has 94 valence electrons. The Morgan fingerprint density at radius 1 is 1.41 bits per heavy atom. The molecule has 17 heavy (non-hydrogen) atoms. The molecule has 2 atom stereocenters. The number of methoxy groups -OCH3 is 1. The quantitative estimate of drug-likeness (QED) is 0.869. The molecule has 0 radical (unpaired) electrons. The summed E-state index contributed by atoms with van der Waals surface area (Å²) in [5.41, 5.74) is 2.09. The molecule has 1 heterocycles. The number of ether oxygens (including phenoxy) is 1. The summed E-state index contributed by atoms with van der Waals surface area (Å²) in [6.07, 6.45) is 3.94. The van der Waals surface area contributed by atoms with E-state index in [1.165, 1.54) is 19.3 Å². The molecule has 0 bridgehead atoms. The molecular formula is C14H22N2O. The number of aromatic nitrogens is 1. The molecule has 2 unspecified atom stereocenters. The van der Waals surface area contributed by atoms with Crippen molar-refractivity contribution in [3.8, 4) is 5.75 Å². The van der Waals surface area contributed by atoms with E-state index in [0.717, 1.165) is 29.6 Å². The van der Waals surface area contributed by atoms with Gasteiger partial charge in [0.2, 0.25) is 0 Å². The first kappa shape index (κ1) is 12.4. The van der Waals surface area contributed by atoms with Crippen molar-refractivity contribution in [2.24, 2.45) is 5.92 Å². The molecule has 0 spiro atoms. The maximum Gasteiger partial charge on any atom is 0.122 e. The molecular weight excluding hydrogens is 212 g/mol. The average Bonchev–Trinajstić information content (AvgIpc) is 2.72. The van der Waals surface area contributed by atoms with Crippen LogP contribution in [0.25, 0.3) is 0 Å². The van der Waals surface area contributed by atoms with Crippen molar-refractivity contribution >= 4 is 0 Å². The van der Waals surface area contributed by atoms with Gasteiger partial charge in [0.1, 0.15) is 5.75 Å². The van der Waals surface area contributed by atoms with Crippen molar-refractivity contribution in [2.75, 3.05) is 7.11 Å². The van der Waals surface area contributed by atoms with E-state index in [0.29, 0.717) is 6.04 Å². The summed E-state index contributed by atoms with van der Waals surface area (Å²) in [5, 5.41) is 3.59. The van der Waals surface area contributed by atoms with E-state index >= 15 is 0 Å². The maximum absolute atomic E-state index is 5.26. The molecule has 1 saturated carbocycles. The second kappa shape index (κ2) is 5.50. The minimum Gasteiger partial charge on any atom is -0.497 e. The number of rotatable bonds is 4. The van der Waals surface area contributed by atoms with E-state index in [4.69, 9.17) is 4.74 Å². The summed E-state index contributed by atoms with van der Waals surface area (Å²) in [6, 6.07) is 4.64. The molecule has 1 aliphatic carbocycles. The van der Waals surface area contributed by atoms with Gasteiger partial charge < -0.3 is 10.1 Å². The molecule has 3 nitrogen and oxygen atoms in total. The maximum atomic E-state index is 5.26. The molecule has 1 aromatic rings. The summed E-state index contributed by atoms with van der Waals surface area (Å²) in [4.78, 5) is 4.52. The van der Waals surface area contributed by atoms with Crippen molar-refractivity contribution in [3.05, 3.63) is 23.5 Å². The first-order valence-electron chi connectivity index (χ1n) is 6.42. The Labute approximate surface area is 104 Å². The zero-order chi connectivity index (χ0) is 12.3. The van der Waals surface area contributed by atoms with Crippen LogP contribution < -0.4 is 10.1 Å². The summed E-state index contributed by atoms with van der Waals surface area (Å²) >= 11 is 0. The van der Waals surface area contributed by atoms with Crippen LogP contribution in [-0.2, 0) is 6.54 Å².